The second-order valence-electron chi connectivity index (χ2n) is 6.23. The topological polar surface area (TPSA) is 15.3 Å². The maximum Gasteiger partial charge on any atom is 0.00255 e. The number of halogens is 1. The number of hydrogen-bond donors (Lipinski definition) is 1. The summed E-state index contributed by atoms with van der Waals surface area (Å²) in [6, 6.07) is 0. The lowest BCUT2D eigenvalue weighted by Crippen LogP contribution is -2.28. The summed E-state index contributed by atoms with van der Waals surface area (Å²) in [7, 11) is 0. The number of nitrogens with one attached hydrogen (secondary N) is 1. The average molecular weight is 259 g/mol. The Kier molecular flexibility index (Phi) is 5.13. The molecule has 1 aliphatic carbocycles. The van der Waals surface area contributed by atoms with Crippen molar-refractivity contribution in [3.8, 4) is 0 Å². The Morgan fingerprint density at radius 1 is 0.941 bits per heavy atom. The Morgan fingerprint density at radius 3 is 2.24 bits per heavy atom. The summed E-state index contributed by atoms with van der Waals surface area (Å²) in [6.07, 6.45) is 9.01. The van der Waals surface area contributed by atoms with Crippen LogP contribution in [0.4, 0.5) is 0 Å². The predicted octanol–water partition coefficient (Wildman–Crippen LogP) is 2.53. The molecule has 3 heteroatoms. The largest absolute Gasteiger partial charge is 0.316 e. The molecule has 17 heavy (non-hydrogen) atoms. The summed E-state index contributed by atoms with van der Waals surface area (Å²) in [6.45, 7) is 6.71. The average Bonchev–Trinajstić information content (AvgIpc) is 2.88. The number of hydrogen-bond acceptors (Lipinski definition) is 2. The first-order chi connectivity index (χ1) is 7.92. The molecule has 0 aromatic carbocycles. The van der Waals surface area contributed by atoms with Gasteiger partial charge in [-0.3, -0.25) is 0 Å². The second-order valence-corrected chi connectivity index (χ2v) is 6.23. The lowest BCUT2D eigenvalue weighted by atomic mass is 9.87. The van der Waals surface area contributed by atoms with Crippen molar-refractivity contribution in [2.24, 2.45) is 17.8 Å². The van der Waals surface area contributed by atoms with E-state index in [1.807, 2.05) is 0 Å². The van der Waals surface area contributed by atoms with Gasteiger partial charge in [-0.05, 0) is 43.8 Å². The highest BCUT2D eigenvalue weighted by Crippen LogP contribution is 2.29. The fourth-order valence-electron chi connectivity index (χ4n) is 3.98. The molecule has 1 N–H and O–H groups in total. The highest BCUT2D eigenvalue weighted by atomic mass is 35.5. The number of fused-ring (bicyclic) bond motifs is 1. The van der Waals surface area contributed by atoms with E-state index in [4.69, 9.17) is 0 Å². The molecule has 0 bridgehead atoms. The van der Waals surface area contributed by atoms with Gasteiger partial charge in [0.05, 0.1) is 0 Å². The predicted molar refractivity (Wildman–Crippen MR) is 74.7 cm³/mol. The quantitative estimate of drug-likeness (QED) is 0.837. The Labute approximate surface area is 112 Å². The van der Waals surface area contributed by atoms with Gasteiger partial charge >= 0.3 is 0 Å². The van der Waals surface area contributed by atoms with Crippen LogP contribution in [0, 0.1) is 17.8 Å². The summed E-state index contributed by atoms with van der Waals surface area (Å²) < 4.78 is 0. The van der Waals surface area contributed by atoms with E-state index in [0.29, 0.717) is 0 Å². The Hall–Kier alpha value is 0.210. The molecular formula is C14H27ClN2. The van der Waals surface area contributed by atoms with Gasteiger partial charge in [-0.15, -0.1) is 12.4 Å². The van der Waals surface area contributed by atoms with E-state index >= 15 is 0 Å². The molecule has 1 saturated carbocycles. The zero-order valence-electron chi connectivity index (χ0n) is 10.9. The summed E-state index contributed by atoms with van der Waals surface area (Å²) >= 11 is 0. The van der Waals surface area contributed by atoms with E-state index in [-0.39, 0.29) is 12.4 Å². The summed E-state index contributed by atoms with van der Waals surface area (Å²) in [5.41, 5.74) is 0. The lowest BCUT2D eigenvalue weighted by molar-refractivity contribution is 0.254. The van der Waals surface area contributed by atoms with Crippen LogP contribution in [0.3, 0.4) is 0 Å². The van der Waals surface area contributed by atoms with Gasteiger partial charge in [0.25, 0.3) is 0 Å². The normalized spacial score (nSPS) is 34.6. The van der Waals surface area contributed by atoms with Gasteiger partial charge in [-0.1, -0.05) is 32.1 Å². The molecule has 0 unspecified atom stereocenters. The maximum atomic E-state index is 3.52. The Bertz CT molecular complexity index is 216. The fraction of sp³-hybridized carbons (Fsp3) is 1.00. The maximum absolute atomic E-state index is 3.52. The van der Waals surface area contributed by atoms with E-state index < -0.39 is 0 Å². The number of nitrogens with zero attached hydrogens (tertiary/aromatic N) is 1. The first-order valence-electron chi connectivity index (χ1n) is 7.35. The summed E-state index contributed by atoms with van der Waals surface area (Å²) in [4.78, 5) is 2.74. The molecular weight excluding hydrogens is 232 g/mol. The van der Waals surface area contributed by atoms with Gasteiger partial charge in [0.1, 0.15) is 0 Å². The minimum atomic E-state index is 0. The van der Waals surface area contributed by atoms with Crippen LogP contribution in [-0.2, 0) is 0 Å². The van der Waals surface area contributed by atoms with Crippen LogP contribution in [0.1, 0.15) is 38.5 Å². The smallest absolute Gasteiger partial charge is 0.00255 e. The standard InChI is InChI=1S/C14H26N2.ClH/c1-2-4-12(5-3-1)6-7-16-10-13-8-15-9-14(13)11-16;/h12-15H,1-11H2;1H/t13-,14+;. The van der Waals surface area contributed by atoms with Crippen LogP contribution in [0.5, 0.6) is 0 Å². The molecule has 100 valence electrons. The minimum Gasteiger partial charge on any atom is -0.316 e. The third kappa shape index (κ3) is 3.36. The molecule has 0 amide bonds. The SMILES string of the molecule is C1CCC(CCN2C[C@H]3CNC[C@H]3C2)CC1.Cl. The molecule has 2 nitrogen and oxygen atoms in total. The third-order valence-corrected chi connectivity index (χ3v) is 5.04. The summed E-state index contributed by atoms with van der Waals surface area (Å²) in [5.74, 6) is 3.02. The molecule has 0 spiro atoms. The van der Waals surface area contributed by atoms with E-state index in [1.54, 1.807) is 0 Å². The van der Waals surface area contributed by atoms with Gasteiger partial charge in [0.15, 0.2) is 0 Å². The van der Waals surface area contributed by atoms with Crippen LogP contribution >= 0.6 is 12.4 Å². The number of likely N-dealkylation sites (tertiary alicyclic amines) is 1. The highest BCUT2D eigenvalue weighted by Gasteiger charge is 2.35. The molecule has 3 aliphatic rings. The van der Waals surface area contributed by atoms with Gasteiger partial charge in [0.2, 0.25) is 0 Å². The van der Waals surface area contributed by atoms with Crippen molar-refractivity contribution < 1.29 is 0 Å². The van der Waals surface area contributed by atoms with Crippen molar-refractivity contribution in [2.75, 3.05) is 32.7 Å². The van der Waals surface area contributed by atoms with E-state index in [2.05, 4.69) is 10.2 Å². The molecule has 2 aliphatic heterocycles. The fourth-order valence-corrected chi connectivity index (χ4v) is 3.98. The molecule has 0 aromatic rings. The Morgan fingerprint density at radius 2 is 1.59 bits per heavy atom. The molecule has 0 radical (unpaired) electrons. The second kappa shape index (κ2) is 6.40. The van der Waals surface area contributed by atoms with Crippen molar-refractivity contribution >= 4 is 12.4 Å². The van der Waals surface area contributed by atoms with Crippen molar-refractivity contribution in [3.63, 3.8) is 0 Å². The first-order valence-corrected chi connectivity index (χ1v) is 7.35. The van der Waals surface area contributed by atoms with Crippen molar-refractivity contribution in [3.05, 3.63) is 0 Å². The van der Waals surface area contributed by atoms with Gasteiger partial charge < -0.3 is 10.2 Å². The zero-order valence-corrected chi connectivity index (χ0v) is 11.7. The molecule has 0 aromatic heterocycles. The van der Waals surface area contributed by atoms with Crippen LogP contribution in [0.25, 0.3) is 0 Å². The Balaban J connectivity index is 0.00000108. The van der Waals surface area contributed by atoms with Crippen molar-refractivity contribution in [1.29, 1.82) is 0 Å². The monoisotopic (exact) mass is 258 g/mol. The van der Waals surface area contributed by atoms with E-state index in [0.717, 1.165) is 17.8 Å². The van der Waals surface area contributed by atoms with Gasteiger partial charge in [-0.2, -0.15) is 0 Å². The molecule has 2 saturated heterocycles. The first kappa shape index (κ1) is 13.6. The van der Waals surface area contributed by atoms with E-state index in [9.17, 15) is 0 Å². The van der Waals surface area contributed by atoms with Crippen LogP contribution in [0.2, 0.25) is 0 Å². The molecule has 3 rings (SSSR count). The third-order valence-electron chi connectivity index (χ3n) is 5.04. The van der Waals surface area contributed by atoms with Gasteiger partial charge in [-0.25, -0.2) is 0 Å². The number of rotatable bonds is 3. The molecule has 2 heterocycles. The lowest BCUT2D eigenvalue weighted by Gasteiger charge is -2.24. The van der Waals surface area contributed by atoms with Crippen molar-refractivity contribution in [1.82, 2.24) is 10.2 Å². The van der Waals surface area contributed by atoms with Crippen LogP contribution in [0.15, 0.2) is 0 Å². The molecule has 2 atom stereocenters. The van der Waals surface area contributed by atoms with Gasteiger partial charge in [0, 0.05) is 13.1 Å². The molecule has 3 fully saturated rings. The minimum absolute atomic E-state index is 0. The highest BCUT2D eigenvalue weighted by molar-refractivity contribution is 5.85. The zero-order chi connectivity index (χ0) is 10.8. The van der Waals surface area contributed by atoms with Crippen molar-refractivity contribution in [2.45, 2.75) is 38.5 Å². The van der Waals surface area contributed by atoms with E-state index in [1.165, 1.54) is 71.2 Å². The van der Waals surface area contributed by atoms with Crippen LogP contribution in [-0.4, -0.2) is 37.6 Å². The van der Waals surface area contributed by atoms with Crippen LogP contribution < -0.4 is 5.32 Å². The summed E-state index contributed by atoms with van der Waals surface area (Å²) in [5, 5.41) is 3.52.